The van der Waals surface area contributed by atoms with Gasteiger partial charge in [0, 0.05) is 31.4 Å². The molecule has 5 heteroatoms. The second-order valence-corrected chi connectivity index (χ2v) is 4.44. The highest BCUT2D eigenvalue weighted by molar-refractivity contribution is 5.33. The van der Waals surface area contributed by atoms with Crippen molar-refractivity contribution in [2.24, 2.45) is 7.05 Å². The van der Waals surface area contributed by atoms with Gasteiger partial charge in [-0.2, -0.15) is 10.4 Å². The van der Waals surface area contributed by atoms with Crippen LogP contribution in [0, 0.1) is 24.1 Å². The van der Waals surface area contributed by atoms with E-state index in [1.54, 1.807) is 6.07 Å². The maximum atomic E-state index is 13.2. The van der Waals surface area contributed by atoms with E-state index in [4.69, 9.17) is 5.26 Å². The molecule has 4 nitrogen and oxygen atoms in total. The van der Waals surface area contributed by atoms with Crippen molar-refractivity contribution in [3.8, 4) is 6.07 Å². The molecule has 0 bridgehead atoms. The average molecular weight is 258 g/mol. The average Bonchev–Trinajstić information content (AvgIpc) is 2.70. The summed E-state index contributed by atoms with van der Waals surface area (Å²) in [5.74, 6) is -0.381. The molecule has 1 heterocycles. The van der Waals surface area contributed by atoms with Crippen molar-refractivity contribution in [3.63, 3.8) is 0 Å². The Bertz CT molecular complexity index is 625. The molecular weight excluding hydrogens is 243 g/mol. The largest absolute Gasteiger partial charge is 0.308 e. The first-order valence-corrected chi connectivity index (χ1v) is 5.98. The third kappa shape index (κ3) is 3.18. The summed E-state index contributed by atoms with van der Waals surface area (Å²) in [5, 5.41) is 16.2. The lowest BCUT2D eigenvalue weighted by atomic mass is 10.1. The predicted octanol–water partition coefficient (Wildman–Crippen LogP) is 2.03. The van der Waals surface area contributed by atoms with Gasteiger partial charge in [-0.05, 0) is 30.7 Å². The molecule has 2 aromatic rings. The number of halogens is 1. The number of rotatable bonds is 4. The van der Waals surface area contributed by atoms with Gasteiger partial charge in [0.25, 0.3) is 0 Å². The Morgan fingerprint density at radius 1 is 1.37 bits per heavy atom. The Morgan fingerprint density at radius 3 is 2.79 bits per heavy atom. The Balaban J connectivity index is 1.98. The van der Waals surface area contributed by atoms with Crippen LogP contribution in [0.2, 0.25) is 0 Å². The summed E-state index contributed by atoms with van der Waals surface area (Å²) in [5.41, 5.74) is 3.32. The van der Waals surface area contributed by atoms with Crippen LogP contribution in [0.3, 0.4) is 0 Å². The summed E-state index contributed by atoms with van der Waals surface area (Å²) in [7, 11) is 1.89. The number of nitrogens with zero attached hydrogens (tertiary/aromatic N) is 3. The molecule has 0 aliphatic heterocycles. The van der Waals surface area contributed by atoms with Gasteiger partial charge in [0.05, 0.1) is 17.8 Å². The number of benzene rings is 1. The zero-order chi connectivity index (χ0) is 13.8. The zero-order valence-corrected chi connectivity index (χ0v) is 10.9. The molecule has 98 valence electrons. The zero-order valence-electron chi connectivity index (χ0n) is 10.9. The van der Waals surface area contributed by atoms with Crippen LogP contribution in [-0.4, -0.2) is 9.78 Å². The highest BCUT2D eigenvalue weighted by Gasteiger charge is 2.04. The van der Waals surface area contributed by atoms with Crippen LogP contribution in [0.4, 0.5) is 4.39 Å². The first-order valence-electron chi connectivity index (χ1n) is 5.98. The molecule has 19 heavy (non-hydrogen) atoms. The van der Waals surface area contributed by atoms with Gasteiger partial charge in [-0.15, -0.1) is 0 Å². The van der Waals surface area contributed by atoms with Crippen molar-refractivity contribution >= 4 is 0 Å². The normalized spacial score (nSPS) is 10.4. The van der Waals surface area contributed by atoms with Crippen molar-refractivity contribution in [2.45, 2.75) is 20.0 Å². The highest BCUT2D eigenvalue weighted by atomic mass is 19.1. The van der Waals surface area contributed by atoms with Crippen LogP contribution in [0.1, 0.15) is 22.4 Å². The topological polar surface area (TPSA) is 53.6 Å². The van der Waals surface area contributed by atoms with Crippen molar-refractivity contribution in [3.05, 3.63) is 52.6 Å². The van der Waals surface area contributed by atoms with Gasteiger partial charge >= 0.3 is 0 Å². The molecule has 0 aliphatic carbocycles. The number of nitriles is 1. The second-order valence-electron chi connectivity index (χ2n) is 4.44. The van der Waals surface area contributed by atoms with Crippen molar-refractivity contribution in [2.75, 3.05) is 0 Å². The van der Waals surface area contributed by atoms with Crippen molar-refractivity contribution in [1.29, 1.82) is 5.26 Å². The Kier molecular flexibility index (Phi) is 3.93. The van der Waals surface area contributed by atoms with Crippen LogP contribution in [0.5, 0.6) is 0 Å². The number of aryl methyl sites for hydroxylation is 1. The lowest BCUT2D eigenvalue weighted by Gasteiger charge is -2.05. The minimum Gasteiger partial charge on any atom is -0.308 e. The van der Waals surface area contributed by atoms with E-state index in [1.165, 1.54) is 12.1 Å². The molecule has 0 amide bonds. The summed E-state index contributed by atoms with van der Waals surface area (Å²) < 4.78 is 15.1. The molecule has 0 fully saturated rings. The highest BCUT2D eigenvalue weighted by Crippen LogP contribution is 2.09. The van der Waals surface area contributed by atoms with Crippen LogP contribution in [0.15, 0.2) is 24.4 Å². The molecule has 0 radical (unpaired) electrons. The molecule has 1 N–H and O–H groups in total. The van der Waals surface area contributed by atoms with Crippen LogP contribution >= 0.6 is 0 Å². The van der Waals surface area contributed by atoms with E-state index in [9.17, 15) is 4.39 Å². The van der Waals surface area contributed by atoms with Gasteiger partial charge < -0.3 is 5.32 Å². The fourth-order valence-electron chi connectivity index (χ4n) is 1.88. The minimum absolute atomic E-state index is 0.342. The van der Waals surface area contributed by atoms with E-state index in [1.807, 2.05) is 30.9 Å². The number of aromatic nitrogens is 2. The first kappa shape index (κ1) is 13.2. The van der Waals surface area contributed by atoms with Crippen LogP contribution in [0.25, 0.3) is 0 Å². The lowest BCUT2D eigenvalue weighted by molar-refractivity contribution is 0.619. The molecule has 0 spiro atoms. The quantitative estimate of drug-likeness (QED) is 0.913. The Morgan fingerprint density at radius 2 is 2.16 bits per heavy atom. The lowest BCUT2D eigenvalue weighted by Crippen LogP contribution is -2.13. The maximum absolute atomic E-state index is 13.2. The molecule has 0 saturated heterocycles. The van der Waals surface area contributed by atoms with E-state index in [0.29, 0.717) is 18.7 Å². The van der Waals surface area contributed by atoms with E-state index < -0.39 is 0 Å². The van der Waals surface area contributed by atoms with Crippen LogP contribution < -0.4 is 5.32 Å². The third-order valence-electron chi connectivity index (χ3n) is 3.07. The molecule has 1 aromatic carbocycles. The van der Waals surface area contributed by atoms with Gasteiger partial charge in [-0.1, -0.05) is 0 Å². The summed E-state index contributed by atoms with van der Waals surface area (Å²) in [4.78, 5) is 0. The predicted molar refractivity (Wildman–Crippen MR) is 69.6 cm³/mol. The molecule has 0 unspecified atom stereocenters. The first-order chi connectivity index (χ1) is 9.10. The van der Waals surface area contributed by atoms with E-state index in [2.05, 4.69) is 10.4 Å². The monoisotopic (exact) mass is 258 g/mol. The molecule has 0 aliphatic rings. The van der Waals surface area contributed by atoms with Crippen molar-refractivity contribution < 1.29 is 4.39 Å². The molecular formula is C14H15FN4. The van der Waals surface area contributed by atoms with E-state index in [-0.39, 0.29) is 5.82 Å². The summed E-state index contributed by atoms with van der Waals surface area (Å²) in [6.07, 6.45) is 1.81. The second kappa shape index (κ2) is 5.63. The van der Waals surface area contributed by atoms with Gasteiger partial charge in [0.15, 0.2) is 0 Å². The molecule has 0 atom stereocenters. The fourth-order valence-corrected chi connectivity index (χ4v) is 1.88. The number of nitrogens with one attached hydrogen (secondary N) is 1. The standard InChI is InChI=1S/C14H15FN4/c1-10-13(9-18-19(10)2)8-17-7-12-3-11(6-16)4-14(15)5-12/h3-5,9,17H,7-8H2,1-2H3. The van der Waals surface area contributed by atoms with Crippen LogP contribution in [-0.2, 0) is 20.1 Å². The smallest absolute Gasteiger partial charge is 0.124 e. The summed E-state index contributed by atoms with van der Waals surface area (Å²) in [6, 6.07) is 6.30. The van der Waals surface area contributed by atoms with E-state index in [0.717, 1.165) is 16.8 Å². The minimum atomic E-state index is -0.381. The molecule has 2 rings (SSSR count). The molecule has 0 saturated carbocycles. The SMILES string of the molecule is Cc1c(CNCc2cc(F)cc(C#N)c2)cnn1C. The van der Waals surface area contributed by atoms with E-state index >= 15 is 0 Å². The Hall–Kier alpha value is -2.19. The number of hydrogen-bond acceptors (Lipinski definition) is 3. The molecule has 1 aromatic heterocycles. The van der Waals surface area contributed by atoms with Gasteiger partial charge in [0.2, 0.25) is 0 Å². The maximum Gasteiger partial charge on any atom is 0.124 e. The summed E-state index contributed by atoms with van der Waals surface area (Å²) in [6.45, 7) is 3.18. The Labute approximate surface area is 111 Å². The van der Waals surface area contributed by atoms with Gasteiger partial charge in [0.1, 0.15) is 5.82 Å². The van der Waals surface area contributed by atoms with Gasteiger partial charge in [-0.3, -0.25) is 4.68 Å². The number of hydrogen-bond donors (Lipinski definition) is 1. The fraction of sp³-hybridized carbons (Fsp3) is 0.286. The van der Waals surface area contributed by atoms with Crippen molar-refractivity contribution in [1.82, 2.24) is 15.1 Å². The van der Waals surface area contributed by atoms with Gasteiger partial charge in [-0.25, -0.2) is 4.39 Å². The third-order valence-corrected chi connectivity index (χ3v) is 3.07. The summed E-state index contributed by atoms with van der Waals surface area (Å²) >= 11 is 0.